The van der Waals surface area contributed by atoms with Gasteiger partial charge in [-0.1, -0.05) is 98.1 Å². The molecule has 0 radical (unpaired) electrons. The number of carbonyl (C=O) groups excluding carboxylic acids is 1. The van der Waals surface area contributed by atoms with Gasteiger partial charge in [0.05, 0.1) is 0 Å². The predicted octanol–water partition coefficient (Wildman–Crippen LogP) is 7.88. The van der Waals surface area contributed by atoms with Crippen molar-refractivity contribution in [3.8, 4) is 33.8 Å². The molecular formula is C29H22O3. The molecule has 4 rings (SSSR count). The third kappa shape index (κ3) is 5.02. The van der Waals surface area contributed by atoms with Gasteiger partial charge in [0.25, 0.3) is 0 Å². The quantitative estimate of drug-likeness (QED) is 0.236. The van der Waals surface area contributed by atoms with Crippen LogP contribution in [0.4, 0.5) is 4.79 Å². The van der Waals surface area contributed by atoms with Crippen LogP contribution in [-0.4, -0.2) is 6.16 Å². The molecule has 0 fully saturated rings. The summed E-state index contributed by atoms with van der Waals surface area (Å²) >= 11 is 0. The zero-order valence-electron chi connectivity index (χ0n) is 17.5. The Morgan fingerprint density at radius 2 is 0.781 bits per heavy atom. The van der Waals surface area contributed by atoms with Gasteiger partial charge in [0, 0.05) is 0 Å². The molecule has 0 aliphatic heterocycles. The molecule has 32 heavy (non-hydrogen) atoms. The van der Waals surface area contributed by atoms with E-state index in [1.54, 1.807) is 36.4 Å². The first kappa shape index (κ1) is 20.9. The van der Waals surface area contributed by atoms with E-state index in [1.165, 1.54) is 0 Å². The summed E-state index contributed by atoms with van der Waals surface area (Å²) in [7, 11) is 0. The van der Waals surface area contributed by atoms with Gasteiger partial charge in [0.15, 0.2) is 0 Å². The number of benzene rings is 4. The smallest absolute Gasteiger partial charge is 0.395 e. The zero-order valence-corrected chi connectivity index (χ0v) is 17.5. The second kappa shape index (κ2) is 9.63. The van der Waals surface area contributed by atoms with Crippen LogP contribution in [0, 0.1) is 0 Å². The summed E-state index contributed by atoms with van der Waals surface area (Å²) in [5.41, 5.74) is 6.33. The summed E-state index contributed by atoms with van der Waals surface area (Å²) in [6, 6.07) is 30.7. The summed E-state index contributed by atoms with van der Waals surface area (Å²) in [6.45, 7) is 7.53. The molecule has 0 saturated carbocycles. The van der Waals surface area contributed by atoms with Gasteiger partial charge in [-0.2, -0.15) is 0 Å². The monoisotopic (exact) mass is 418 g/mol. The third-order valence-corrected chi connectivity index (χ3v) is 5.07. The summed E-state index contributed by atoms with van der Waals surface area (Å²) < 4.78 is 10.6. The Bertz CT molecular complexity index is 1120. The van der Waals surface area contributed by atoms with E-state index in [4.69, 9.17) is 9.47 Å². The van der Waals surface area contributed by atoms with Crippen LogP contribution >= 0.6 is 0 Å². The first-order chi connectivity index (χ1) is 15.6. The average Bonchev–Trinajstić information content (AvgIpc) is 2.85. The normalized spacial score (nSPS) is 10.2. The summed E-state index contributed by atoms with van der Waals surface area (Å²) in [4.78, 5) is 12.2. The molecule has 0 aromatic heterocycles. The number of hydrogen-bond acceptors (Lipinski definition) is 3. The molecule has 0 saturated heterocycles. The third-order valence-electron chi connectivity index (χ3n) is 5.07. The molecule has 0 spiro atoms. The van der Waals surface area contributed by atoms with Gasteiger partial charge >= 0.3 is 6.16 Å². The Hall–Kier alpha value is -4.37. The fourth-order valence-corrected chi connectivity index (χ4v) is 3.27. The highest BCUT2D eigenvalue weighted by Crippen LogP contribution is 2.25. The minimum Gasteiger partial charge on any atom is -0.395 e. The maximum atomic E-state index is 12.2. The lowest BCUT2D eigenvalue weighted by Crippen LogP contribution is -2.13. The van der Waals surface area contributed by atoms with E-state index < -0.39 is 6.16 Å². The van der Waals surface area contributed by atoms with E-state index in [2.05, 4.69) is 13.2 Å². The van der Waals surface area contributed by atoms with Crippen LogP contribution in [-0.2, 0) is 0 Å². The van der Waals surface area contributed by atoms with Gasteiger partial charge in [-0.3, -0.25) is 0 Å². The van der Waals surface area contributed by atoms with Crippen LogP contribution in [0.2, 0.25) is 0 Å². The Kier molecular flexibility index (Phi) is 6.28. The van der Waals surface area contributed by atoms with E-state index in [-0.39, 0.29) is 0 Å². The molecule has 0 aliphatic carbocycles. The Morgan fingerprint density at radius 3 is 1.06 bits per heavy atom. The van der Waals surface area contributed by atoms with Gasteiger partial charge in [-0.25, -0.2) is 4.79 Å². The van der Waals surface area contributed by atoms with Crippen molar-refractivity contribution in [1.82, 2.24) is 0 Å². The molecule has 4 aromatic carbocycles. The van der Waals surface area contributed by atoms with Crippen LogP contribution in [0.15, 0.2) is 110 Å². The van der Waals surface area contributed by atoms with Crippen molar-refractivity contribution in [3.05, 3.63) is 121 Å². The SMILES string of the molecule is C=Cc1ccc(-c2ccc(OC(=O)Oc3ccc(-c4ccc(C=C)cc4)cc3)cc2)cc1. The molecule has 3 heteroatoms. The fraction of sp³-hybridized carbons (Fsp3) is 0. The van der Waals surface area contributed by atoms with Gasteiger partial charge in [-0.15, -0.1) is 0 Å². The van der Waals surface area contributed by atoms with Crippen LogP contribution in [0.25, 0.3) is 34.4 Å². The highest BCUT2D eigenvalue weighted by atomic mass is 16.7. The van der Waals surface area contributed by atoms with Crippen molar-refractivity contribution in [2.45, 2.75) is 0 Å². The van der Waals surface area contributed by atoms with E-state index in [0.717, 1.165) is 33.4 Å². The van der Waals surface area contributed by atoms with E-state index >= 15 is 0 Å². The molecule has 156 valence electrons. The van der Waals surface area contributed by atoms with E-state index in [9.17, 15) is 4.79 Å². The molecule has 4 aromatic rings. The summed E-state index contributed by atoms with van der Waals surface area (Å²) in [6.07, 6.45) is 2.83. The standard InChI is InChI=1S/C29H22O3/c1-3-21-5-9-23(10-6-21)25-13-17-27(18-14-25)31-29(30)32-28-19-15-26(16-20-28)24-11-7-22(4-2)8-12-24/h3-20H,1-2H2. The number of ether oxygens (including phenoxy) is 2. The van der Waals surface area contributed by atoms with Crippen molar-refractivity contribution in [2.24, 2.45) is 0 Å². The van der Waals surface area contributed by atoms with Crippen molar-refractivity contribution < 1.29 is 14.3 Å². The summed E-state index contributed by atoms with van der Waals surface area (Å²) in [5, 5.41) is 0. The number of rotatable bonds is 6. The first-order valence-corrected chi connectivity index (χ1v) is 10.2. The molecule has 0 unspecified atom stereocenters. The highest BCUT2D eigenvalue weighted by molar-refractivity contribution is 5.71. The maximum absolute atomic E-state index is 12.2. The molecule has 0 aliphatic rings. The van der Waals surface area contributed by atoms with E-state index in [1.807, 2.05) is 72.8 Å². The maximum Gasteiger partial charge on any atom is 0.519 e. The van der Waals surface area contributed by atoms with Gasteiger partial charge in [-0.05, 0) is 57.6 Å². The Labute approximate surface area is 187 Å². The average molecular weight is 418 g/mol. The molecule has 0 heterocycles. The Balaban J connectivity index is 1.36. The number of hydrogen-bond donors (Lipinski definition) is 0. The van der Waals surface area contributed by atoms with Crippen molar-refractivity contribution in [3.63, 3.8) is 0 Å². The zero-order chi connectivity index (χ0) is 22.3. The van der Waals surface area contributed by atoms with Crippen molar-refractivity contribution in [1.29, 1.82) is 0 Å². The lowest BCUT2D eigenvalue weighted by molar-refractivity contribution is 0.152. The van der Waals surface area contributed by atoms with Crippen LogP contribution in [0.3, 0.4) is 0 Å². The highest BCUT2D eigenvalue weighted by Gasteiger charge is 2.09. The molecular weight excluding hydrogens is 396 g/mol. The van der Waals surface area contributed by atoms with Gasteiger partial charge < -0.3 is 9.47 Å². The molecule has 0 N–H and O–H groups in total. The molecule has 0 atom stereocenters. The summed E-state index contributed by atoms with van der Waals surface area (Å²) in [5.74, 6) is 0.834. The number of carbonyl (C=O) groups is 1. The van der Waals surface area contributed by atoms with Crippen molar-refractivity contribution in [2.75, 3.05) is 0 Å². The Morgan fingerprint density at radius 1 is 0.500 bits per heavy atom. The molecule has 3 nitrogen and oxygen atoms in total. The van der Waals surface area contributed by atoms with Gasteiger partial charge in [0.1, 0.15) is 11.5 Å². The van der Waals surface area contributed by atoms with Crippen molar-refractivity contribution >= 4 is 18.3 Å². The lowest BCUT2D eigenvalue weighted by Gasteiger charge is -2.08. The van der Waals surface area contributed by atoms with Gasteiger partial charge in [0.2, 0.25) is 0 Å². The van der Waals surface area contributed by atoms with E-state index in [0.29, 0.717) is 11.5 Å². The molecule has 0 bridgehead atoms. The first-order valence-electron chi connectivity index (χ1n) is 10.2. The topological polar surface area (TPSA) is 35.5 Å². The fourth-order valence-electron chi connectivity index (χ4n) is 3.27. The predicted molar refractivity (Wildman–Crippen MR) is 131 cm³/mol. The van der Waals surface area contributed by atoms with Crippen LogP contribution in [0.1, 0.15) is 11.1 Å². The lowest BCUT2D eigenvalue weighted by atomic mass is 10.0. The second-order valence-electron chi connectivity index (χ2n) is 7.16. The largest absolute Gasteiger partial charge is 0.519 e. The van der Waals surface area contributed by atoms with Crippen LogP contribution < -0.4 is 9.47 Å². The minimum atomic E-state index is -0.781. The minimum absolute atomic E-state index is 0.417. The second-order valence-corrected chi connectivity index (χ2v) is 7.16. The molecule has 0 amide bonds. The van der Waals surface area contributed by atoms with Crippen LogP contribution in [0.5, 0.6) is 11.5 Å².